The van der Waals surface area contributed by atoms with E-state index in [9.17, 15) is 9.36 Å². The summed E-state index contributed by atoms with van der Waals surface area (Å²) in [5.74, 6) is 0.133. The lowest BCUT2D eigenvalue weighted by atomic mass is 10.3. The number of carbonyl (C=O) groups is 1. The highest BCUT2D eigenvalue weighted by atomic mass is 31.2. The summed E-state index contributed by atoms with van der Waals surface area (Å²) in [4.78, 5) is 11.9. The van der Waals surface area contributed by atoms with Crippen LogP contribution in [0.3, 0.4) is 0 Å². The maximum Gasteiger partial charge on any atom is 0.340 e. The fourth-order valence-corrected chi connectivity index (χ4v) is 2.74. The average molecular weight is 284 g/mol. The lowest BCUT2D eigenvalue weighted by Gasteiger charge is -2.20. The van der Waals surface area contributed by atoms with Crippen LogP contribution < -0.4 is 14.9 Å². The van der Waals surface area contributed by atoms with Gasteiger partial charge >= 0.3 is 7.52 Å². The van der Waals surface area contributed by atoms with Crippen molar-refractivity contribution in [3.8, 4) is 5.75 Å². The Bertz CT molecular complexity index is 462. The molecule has 1 aromatic rings. The van der Waals surface area contributed by atoms with E-state index in [1.165, 1.54) is 6.66 Å². The molecule has 1 rings (SSSR count). The molecule has 0 heterocycles. The number of hydrogen-bond donors (Lipinski definition) is 2. The highest BCUT2D eigenvalue weighted by Gasteiger charge is 2.24. The van der Waals surface area contributed by atoms with Gasteiger partial charge in [-0.25, -0.2) is 0 Å². The zero-order valence-electron chi connectivity index (χ0n) is 11.7. The first-order chi connectivity index (χ1) is 8.80. The first kappa shape index (κ1) is 15.7. The number of benzene rings is 1. The molecule has 0 saturated carbocycles. The van der Waals surface area contributed by atoms with E-state index in [1.54, 1.807) is 31.2 Å². The molecule has 0 spiro atoms. The second kappa shape index (κ2) is 6.73. The molecule has 2 N–H and O–H groups in total. The van der Waals surface area contributed by atoms with Crippen molar-refractivity contribution in [2.75, 3.05) is 6.66 Å². The third-order valence-electron chi connectivity index (χ3n) is 2.31. The average Bonchev–Trinajstić information content (AvgIpc) is 2.27. The van der Waals surface area contributed by atoms with E-state index < -0.39 is 13.6 Å². The van der Waals surface area contributed by atoms with Gasteiger partial charge in [0.25, 0.3) is 0 Å². The van der Waals surface area contributed by atoms with E-state index in [0.29, 0.717) is 5.75 Å². The van der Waals surface area contributed by atoms with Crippen molar-refractivity contribution in [3.63, 3.8) is 0 Å². The van der Waals surface area contributed by atoms with Crippen LogP contribution in [-0.2, 0) is 9.36 Å². The fourth-order valence-electron chi connectivity index (χ4n) is 1.58. The van der Waals surface area contributed by atoms with Crippen molar-refractivity contribution in [3.05, 3.63) is 30.3 Å². The van der Waals surface area contributed by atoms with Crippen LogP contribution in [0.5, 0.6) is 5.75 Å². The molecule has 0 fully saturated rings. The van der Waals surface area contributed by atoms with Crippen molar-refractivity contribution in [2.45, 2.75) is 32.9 Å². The number of hydrogen-bond acceptors (Lipinski definition) is 4. The molecule has 0 bridgehead atoms. The van der Waals surface area contributed by atoms with Gasteiger partial charge in [0.05, 0.1) is 6.04 Å². The maximum absolute atomic E-state index is 12.2. The molecule has 0 aliphatic rings. The summed E-state index contributed by atoms with van der Waals surface area (Å²) in [6.45, 7) is 6.99. The summed E-state index contributed by atoms with van der Waals surface area (Å²) in [5, 5.41) is 5.48. The second-order valence-electron chi connectivity index (χ2n) is 4.77. The Morgan fingerprint density at radius 3 is 2.32 bits per heavy atom. The zero-order chi connectivity index (χ0) is 14.5. The molecule has 0 aromatic heterocycles. The van der Waals surface area contributed by atoms with Crippen LogP contribution in [0.2, 0.25) is 0 Å². The normalized spacial score (nSPS) is 15.6. The summed E-state index contributed by atoms with van der Waals surface area (Å²) in [5.41, 5.74) is 0. The molecule has 0 aliphatic carbocycles. The van der Waals surface area contributed by atoms with E-state index in [1.807, 2.05) is 19.9 Å². The first-order valence-corrected chi connectivity index (χ1v) is 8.27. The van der Waals surface area contributed by atoms with E-state index >= 15 is 0 Å². The Morgan fingerprint density at radius 1 is 1.21 bits per heavy atom. The quantitative estimate of drug-likeness (QED) is 0.787. The maximum atomic E-state index is 12.2. The lowest BCUT2D eigenvalue weighted by molar-refractivity contribution is -0.121. The van der Waals surface area contributed by atoms with Gasteiger partial charge < -0.3 is 9.84 Å². The van der Waals surface area contributed by atoms with Gasteiger partial charge in [-0.2, -0.15) is 0 Å². The Balaban J connectivity index is 2.59. The number of para-hydroxylation sites is 1. The standard InChI is InChI=1S/C13H21N2O3P/c1-10(2)14-11(3)13(16)15-19(4,17)18-12-8-6-5-7-9-12/h5-11,14H,1-4H3,(H,15,16,17)/t11?,19-/m1/s1. The highest BCUT2D eigenvalue weighted by Crippen LogP contribution is 2.38. The Hall–Kier alpha value is -1.32. The fraction of sp³-hybridized carbons (Fsp3) is 0.462. The monoisotopic (exact) mass is 284 g/mol. The summed E-state index contributed by atoms with van der Waals surface area (Å²) in [6.07, 6.45) is 0. The summed E-state index contributed by atoms with van der Waals surface area (Å²) >= 11 is 0. The minimum atomic E-state index is -3.21. The minimum absolute atomic E-state index is 0.173. The number of amides is 1. The molecule has 19 heavy (non-hydrogen) atoms. The van der Waals surface area contributed by atoms with Crippen LogP contribution in [0.25, 0.3) is 0 Å². The van der Waals surface area contributed by atoms with Crippen LogP contribution in [0.4, 0.5) is 0 Å². The summed E-state index contributed by atoms with van der Waals surface area (Å²) in [6, 6.07) is 8.52. The Kier molecular flexibility index (Phi) is 5.58. The van der Waals surface area contributed by atoms with Gasteiger partial charge in [0.2, 0.25) is 5.91 Å². The van der Waals surface area contributed by atoms with Gasteiger partial charge in [-0.3, -0.25) is 14.4 Å². The molecule has 0 aliphatic heterocycles. The van der Waals surface area contributed by atoms with Crippen LogP contribution in [0.15, 0.2) is 30.3 Å². The molecule has 0 radical (unpaired) electrons. The molecular formula is C13H21N2O3P. The van der Waals surface area contributed by atoms with Crippen molar-refractivity contribution in [1.82, 2.24) is 10.4 Å². The van der Waals surface area contributed by atoms with Crippen LogP contribution in [0.1, 0.15) is 20.8 Å². The van der Waals surface area contributed by atoms with Crippen molar-refractivity contribution < 1.29 is 13.9 Å². The van der Waals surface area contributed by atoms with E-state index in [4.69, 9.17) is 4.52 Å². The number of carbonyl (C=O) groups excluding carboxylic acids is 1. The van der Waals surface area contributed by atoms with E-state index in [2.05, 4.69) is 10.4 Å². The van der Waals surface area contributed by atoms with Gasteiger partial charge in [-0.15, -0.1) is 0 Å². The molecule has 1 unspecified atom stereocenters. The molecule has 1 amide bonds. The SMILES string of the molecule is CC(C)NC(C)C(=O)N[P@](C)(=O)Oc1ccccc1. The minimum Gasteiger partial charge on any atom is -0.429 e. The third-order valence-corrected chi connectivity index (χ3v) is 3.50. The van der Waals surface area contributed by atoms with Crippen molar-refractivity contribution >= 4 is 13.4 Å². The van der Waals surface area contributed by atoms with Crippen molar-refractivity contribution in [2.24, 2.45) is 0 Å². The Morgan fingerprint density at radius 2 is 1.79 bits per heavy atom. The first-order valence-electron chi connectivity index (χ1n) is 6.20. The zero-order valence-corrected chi connectivity index (χ0v) is 12.6. The van der Waals surface area contributed by atoms with Gasteiger partial charge in [-0.05, 0) is 19.1 Å². The molecule has 0 saturated heterocycles. The van der Waals surface area contributed by atoms with Gasteiger partial charge in [0, 0.05) is 12.7 Å². The Labute approximate surface area is 114 Å². The van der Waals surface area contributed by atoms with Gasteiger partial charge in [-0.1, -0.05) is 32.0 Å². The summed E-state index contributed by atoms with van der Waals surface area (Å²) in [7, 11) is -3.21. The molecule has 2 atom stereocenters. The summed E-state index contributed by atoms with van der Waals surface area (Å²) < 4.78 is 17.5. The van der Waals surface area contributed by atoms with Crippen LogP contribution in [0, 0.1) is 0 Å². The van der Waals surface area contributed by atoms with E-state index in [0.717, 1.165) is 0 Å². The lowest BCUT2D eigenvalue weighted by Crippen LogP contribution is -2.44. The molecule has 5 nitrogen and oxygen atoms in total. The smallest absolute Gasteiger partial charge is 0.340 e. The van der Waals surface area contributed by atoms with Gasteiger partial charge in [0.1, 0.15) is 5.75 Å². The number of nitrogens with one attached hydrogen (secondary N) is 2. The van der Waals surface area contributed by atoms with E-state index in [-0.39, 0.29) is 11.9 Å². The predicted molar refractivity (Wildman–Crippen MR) is 76.5 cm³/mol. The van der Waals surface area contributed by atoms with Crippen LogP contribution in [-0.4, -0.2) is 24.7 Å². The molecule has 6 heteroatoms. The van der Waals surface area contributed by atoms with Gasteiger partial charge in [0.15, 0.2) is 0 Å². The molecular weight excluding hydrogens is 263 g/mol. The highest BCUT2D eigenvalue weighted by molar-refractivity contribution is 7.57. The third kappa shape index (κ3) is 5.90. The van der Waals surface area contributed by atoms with Crippen LogP contribution >= 0.6 is 7.52 Å². The topological polar surface area (TPSA) is 67.4 Å². The number of rotatable bonds is 6. The molecule has 1 aromatic carbocycles. The largest absolute Gasteiger partial charge is 0.429 e. The predicted octanol–water partition coefficient (Wildman–Crippen LogP) is 2.39. The second-order valence-corrected chi connectivity index (χ2v) is 6.87. The van der Waals surface area contributed by atoms with Crippen molar-refractivity contribution in [1.29, 1.82) is 0 Å². The molecule has 106 valence electrons.